The number of fused-ring (bicyclic) bond motifs is 2. The van der Waals surface area contributed by atoms with Crippen LogP contribution in [0.25, 0.3) is 10.9 Å². The molecule has 8 heteroatoms. The van der Waals surface area contributed by atoms with Gasteiger partial charge in [0.1, 0.15) is 6.04 Å². The predicted octanol–water partition coefficient (Wildman–Crippen LogP) is 3.89. The van der Waals surface area contributed by atoms with E-state index in [1.807, 2.05) is 18.2 Å². The molecule has 1 aromatic heterocycles. The zero-order valence-electron chi connectivity index (χ0n) is 19.3. The van der Waals surface area contributed by atoms with E-state index in [0.717, 1.165) is 24.6 Å². The third-order valence-corrected chi connectivity index (χ3v) is 7.89. The van der Waals surface area contributed by atoms with Crippen LogP contribution in [0, 0.1) is 17.8 Å². The number of likely N-dealkylation sites (tertiary alicyclic amines) is 1. The number of piperidine rings is 1. The molecule has 2 saturated carbocycles. The molecule has 3 aliphatic rings. The van der Waals surface area contributed by atoms with E-state index >= 15 is 0 Å². The van der Waals surface area contributed by atoms with Crippen molar-refractivity contribution in [1.82, 2.24) is 14.8 Å². The monoisotopic (exact) mass is 451 g/mol. The third-order valence-electron chi connectivity index (χ3n) is 7.89. The van der Waals surface area contributed by atoms with Crippen molar-refractivity contribution in [3.8, 4) is 0 Å². The Hall–Kier alpha value is -3.03. The molecule has 0 spiro atoms. The van der Waals surface area contributed by atoms with E-state index < -0.39 is 12.1 Å². The van der Waals surface area contributed by atoms with Gasteiger partial charge in [-0.05, 0) is 56.4 Å². The molecule has 3 fully saturated rings. The highest BCUT2D eigenvalue weighted by Gasteiger charge is 2.56. The predicted molar refractivity (Wildman–Crippen MR) is 127 cm³/mol. The summed E-state index contributed by atoms with van der Waals surface area (Å²) in [5.41, 5.74) is 6.65. The summed E-state index contributed by atoms with van der Waals surface area (Å²) in [6.07, 6.45) is 7.97. The largest absolute Gasteiger partial charge is 0.352 e. The van der Waals surface area contributed by atoms with Crippen molar-refractivity contribution in [3.63, 3.8) is 0 Å². The highest BCUT2D eigenvalue weighted by atomic mass is 16.2. The lowest BCUT2D eigenvalue weighted by Gasteiger charge is -2.33. The van der Waals surface area contributed by atoms with Gasteiger partial charge in [0.25, 0.3) is 0 Å². The number of aromatic nitrogens is 1. The summed E-state index contributed by atoms with van der Waals surface area (Å²) in [6, 6.07) is 6.13. The molecule has 0 radical (unpaired) electrons. The zero-order valence-corrected chi connectivity index (χ0v) is 19.3. The Morgan fingerprint density at radius 2 is 1.91 bits per heavy atom. The molecule has 1 aliphatic heterocycles. The molecule has 4 amide bonds. The van der Waals surface area contributed by atoms with Gasteiger partial charge in [0.15, 0.2) is 0 Å². The number of anilines is 1. The van der Waals surface area contributed by atoms with Gasteiger partial charge in [-0.2, -0.15) is 0 Å². The number of nitrogens with two attached hydrogens (primary N) is 1. The van der Waals surface area contributed by atoms with Crippen molar-refractivity contribution in [1.29, 1.82) is 0 Å². The molecule has 2 aromatic rings. The number of amides is 4. The lowest BCUT2D eigenvalue weighted by molar-refractivity contribution is -0.126. The van der Waals surface area contributed by atoms with E-state index in [1.54, 1.807) is 17.2 Å². The molecule has 8 nitrogen and oxygen atoms in total. The fraction of sp³-hybridized carbons (Fsp3) is 0.560. The van der Waals surface area contributed by atoms with Crippen molar-refractivity contribution in [2.45, 2.75) is 70.5 Å². The van der Waals surface area contributed by atoms with E-state index in [2.05, 4.69) is 24.5 Å². The first-order valence-corrected chi connectivity index (χ1v) is 12.1. The maximum atomic E-state index is 13.3. The van der Waals surface area contributed by atoms with Crippen LogP contribution < -0.4 is 16.4 Å². The number of primary amides is 1. The normalized spacial score (nSPS) is 29.4. The van der Waals surface area contributed by atoms with Gasteiger partial charge < -0.3 is 21.3 Å². The fourth-order valence-corrected chi connectivity index (χ4v) is 6.00. The second-order valence-electron chi connectivity index (χ2n) is 10.2. The Bertz CT molecular complexity index is 1090. The van der Waals surface area contributed by atoms with Crippen LogP contribution in [0.2, 0.25) is 0 Å². The van der Waals surface area contributed by atoms with Crippen LogP contribution in [-0.4, -0.2) is 45.6 Å². The van der Waals surface area contributed by atoms with Crippen LogP contribution in [-0.2, 0) is 4.79 Å². The topological polar surface area (TPSA) is 109 Å². The maximum absolute atomic E-state index is 13.3. The average Bonchev–Trinajstić information content (AvgIpc) is 3.29. The van der Waals surface area contributed by atoms with Crippen molar-refractivity contribution < 1.29 is 14.4 Å². The summed E-state index contributed by atoms with van der Waals surface area (Å²) in [6.45, 7) is 4.38. The van der Waals surface area contributed by atoms with Crippen LogP contribution in [0.4, 0.5) is 15.3 Å². The number of carbonyl (C=O) groups excluding carboxylic acids is 3. The molecule has 33 heavy (non-hydrogen) atoms. The molecule has 1 aromatic carbocycles. The van der Waals surface area contributed by atoms with Gasteiger partial charge in [0.05, 0.1) is 11.2 Å². The molecule has 2 aliphatic carbocycles. The first kappa shape index (κ1) is 21.8. The molecule has 1 saturated heterocycles. The summed E-state index contributed by atoms with van der Waals surface area (Å²) < 4.78 is 1.33. The fourth-order valence-electron chi connectivity index (χ4n) is 6.00. The number of hydrogen-bond acceptors (Lipinski definition) is 3. The molecule has 176 valence electrons. The smallest absolute Gasteiger partial charge is 0.323 e. The summed E-state index contributed by atoms with van der Waals surface area (Å²) in [5.74, 6) is 1.54. The van der Waals surface area contributed by atoms with Crippen LogP contribution in [0.5, 0.6) is 0 Å². The molecule has 4 N–H and O–H groups in total. The minimum absolute atomic E-state index is 0.0531. The highest BCUT2D eigenvalue weighted by molar-refractivity contribution is 6.05. The zero-order chi connectivity index (χ0) is 23.3. The summed E-state index contributed by atoms with van der Waals surface area (Å²) in [7, 11) is 0. The lowest BCUT2D eigenvalue weighted by Crippen LogP contribution is -2.52. The minimum Gasteiger partial charge on any atom is -0.352 e. The van der Waals surface area contributed by atoms with Gasteiger partial charge in [-0.3, -0.25) is 9.36 Å². The van der Waals surface area contributed by atoms with E-state index in [9.17, 15) is 14.4 Å². The number of carbonyl (C=O) groups is 3. The number of para-hydroxylation sites is 1. The van der Waals surface area contributed by atoms with Gasteiger partial charge >= 0.3 is 12.1 Å². The quantitative estimate of drug-likeness (QED) is 0.656. The first-order valence-electron chi connectivity index (χ1n) is 12.1. The highest BCUT2D eigenvalue weighted by Crippen LogP contribution is 2.48. The van der Waals surface area contributed by atoms with Crippen LogP contribution in [0.3, 0.4) is 0 Å². The Kier molecular flexibility index (Phi) is 5.54. The Morgan fingerprint density at radius 3 is 2.67 bits per heavy atom. The second-order valence-corrected chi connectivity index (χ2v) is 10.2. The number of nitrogens with zero attached hydrogens (tertiary/aromatic N) is 2. The molecular formula is C25H33N5O3. The van der Waals surface area contributed by atoms with E-state index in [0.29, 0.717) is 35.4 Å². The van der Waals surface area contributed by atoms with Crippen LogP contribution >= 0.6 is 0 Å². The Morgan fingerprint density at radius 1 is 1.12 bits per heavy atom. The van der Waals surface area contributed by atoms with Crippen molar-refractivity contribution >= 4 is 34.6 Å². The SMILES string of the molecule is CC1CCCC([C@@H](C)NC(=O)[C@@H]2C[C@H]3C[C@H]3N2C(=O)Nc2cn(C(N)=O)c3ccccc23)C1. The third kappa shape index (κ3) is 4.07. The van der Waals surface area contributed by atoms with Gasteiger partial charge in [-0.15, -0.1) is 0 Å². The van der Waals surface area contributed by atoms with E-state index in [4.69, 9.17) is 5.73 Å². The van der Waals surface area contributed by atoms with Crippen molar-refractivity contribution in [2.24, 2.45) is 23.5 Å². The van der Waals surface area contributed by atoms with Gasteiger partial charge in [0, 0.05) is 23.7 Å². The number of rotatable bonds is 4. The standard InChI is InChI=1S/C25H33N5O3/c1-14-6-5-7-16(10-14)15(2)27-23(31)22-12-17-11-21(17)30(22)25(33)28-19-13-29(24(26)32)20-9-4-3-8-18(19)20/h3-4,8-9,13-17,21-22H,5-7,10-12H2,1-2H3,(H2,26,32)(H,27,31)(H,28,33)/t14?,15-,16?,17-,21-,22+/m1/s1. The van der Waals surface area contributed by atoms with E-state index in [1.165, 1.54) is 17.4 Å². The van der Waals surface area contributed by atoms with Crippen molar-refractivity contribution in [2.75, 3.05) is 5.32 Å². The molecule has 6 atom stereocenters. The summed E-state index contributed by atoms with van der Waals surface area (Å²) >= 11 is 0. The maximum Gasteiger partial charge on any atom is 0.323 e. The molecule has 0 bridgehead atoms. The van der Waals surface area contributed by atoms with E-state index in [-0.39, 0.29) is 24.0 Å². The number of nitrogens with one attached hydrogen (secondary N) is 2. The number of hydrogen-bond donors (Lipinski definition) is 3. The number of urea groups is 1. The van der Waals surface area contributed by atoms with Gasteiger partial charge in [0.2, 0.25) is 5.91 Å². The second kappa shape index (κ2) is 8.39. The Labute approximate surface area is 193 Å². The average molecular weight is 452 g/mol. The number of benzene rings is 1. The van der Waals surface area contributed by atoms with Crippen LogP contribution in [0.15, 0.2) is 30.5 Å². The van der Waals surface area contributed by atoms with Gasteiger partial charge in [-0.25, -0.2) is 9.59 Å². The lowest BCUT2D eigenvalue weighted by atomic mass is 9.79. The summed E-state index contributed by atoms with van der Waals surface area (Å²) in [5, 5.41) is 6.90. The summed E-state index contributed by atoms with van der Waals surface area (Å²) in [4.78, 5) is 40.1. The Balaban J connectivity index is 1.30. The molecule has 2 unspecified atom stereocenters. The van der Waals surface area contributed by atoms with Gasteiger partial charge in [-0.1, -0.05) is 38.0 Å². The molecular weight excluding hydrogens is 418 g/mol. The first-order chi connectivity index (χ1) is 15.8. The van der Waals surface area contributed by atoms with Crippen LogP contribution in [0.1, 0.15) is 52.4 Å². The molecule has 2 heterocycles. The minimum atomic E-state index is -0.613. The molecule has 5 rings (SSSR count). The van der Waals surface area contributed by atoms with Crippen molar-refractivity contribution in [3.05, 3.63) is 30.5 Å².